The van der Waals surface area contributed by atoms with E-state index in [2.05, 4.69) is 5.32 Å². The van der Waals surface area contributed by atoms with Gasteiger partial charge in [0.25, 0.3) is 5.91 Å². The van der Waals surface area contributed by atoms with Crippen LogP contribution in [0.5, 0.6) is 0 Å². The normalized spacial score (nSPS) is 15.3. The second kappa shape index (κ2) is 8.24. The molecule has 30 heavy (non-hydrogen) atoms. The zero-order chi connectivity index (χ0) is 21.3. The number of nitrogens with one attached hydrogen (secondary N) is 1. The first-order valence-electron chi connectivity index (χ1n) is 9.48. The summed E-state index contributed by atoms with van der Waals surface area (Å²) in [4.78, 5) is 17.8. The lowest BCUT2D eigenvalue weighted by atomic mass is 9.93. The maximum Gasteiger partial charge on any atom is 0.416 e. The van der Waals surface area contributed by atoms with E-state index in [0.717, 1.165) is 36.7 Å². The Morgan fingerprint density at radius 2 is 1.83 bits per heavy atom. The van der Waals surface area contributed by atoms with Gasteiger partial charge in [-0.2, -0.15) is 13.2 Å². The van der Waals surface area contributed by atoms with Gasteiger partial charge in [-0.05, 0) is 43.2 Å². The Morgan fingerprint density at radius 1 is 1.10 bits per heavy atom. The molecule has 3 aromatic rings. The van der Waals surface area contributed by atoms with E-state index in [9.17, 15) is 18.0 Å². The molecule has 0 aliphatic carbocycles. The highest BCUT2D eigenvalue weighted by atomic mass is 35.5. The van der Waals surface area contributed by atoms with Crippen molar-refractivity contribution in [3.8, 4) is 0 Å². The van der Waals surface area contributed by atoms with Crippen molar-refractivity contribution in [2.45, 2.75) is 24.9 Å². The molecule has 1 amide bonds. The van der Waals surface area contributed by atoms with E-state index >= 15 is 0 Å². The summed E-state index contributed by atoms with van der Waals surface area (Å²) in [5.41, 5.74) is 0.796. The summed E-state index contributed by atoms with van der Waals surface area (Å²) in [6, 6.07) is 11.7. The maximum absolute atomic E-state index is 13.1. The number of hydrogen-bond acceptors (Lipinski definition) is 3. The molecule has 0 atom stereocenters. The molecule has 4 nitrogen and oxygen atoms in total. The molecule has 0 bridgehead atoms. The average molecular weight is 435 g/mol. The maximum atomic E-state index is 13.1. The zero-order valence-corrected chi connectivity index (χ0v) is 16.6. The lowest BCUT2D eigenvalue weighted by Gasteiger charge is -2.22. The number of amides is 1. The molecule has 1 N–H and O–H groups in total. The third-order valence-electron chi connectivity index (χ3n) is 5.16. The van der Waals surface area contributed by atoms with Crippen LogP contribution < -0.4 is 5.32 Å². The van der Waals surface area contributed by atoms with Crippen LogP contribution in [0.3, 0.4) is 0 Å². The Kier molecular flexibility index (Phi) is 5.66. The van der Waals surface area contributed by atoms with E-state index in [1.165, 1.54) is 0 Å². The number of pyridine rings is 1. The number of carbonyl (C=O) groups excluding carboxylic acids is 1. The lowest BCUT2D eigenvalue weighted by Crippen LogP contribution is -2.18. The summed E-state index contributed by atoms with van der Waals surface area (Å²) < 4.78 is 44.6. The van der Waals surface area contributed by atoms with Crippen LogP contribution in [0.2, 0.25) is 5.02 Å². The number of anilines is 1. The van der Waals surface area contributed by atoms with E-state index in [-0.39, 0.29) is 16.6 Å². The van der Waals surface area contributed by atoms with E-state index < -0.39 is 17.6 Å². The van der Waals surface area contributed by atoms with E-state index in [0.29, 0.717) is 29.7 Å². The fourth-order valence-electron chi connectivity index (χ4n) is 3.57. The molecule has 1 saturated heterocycles. The number of hydrogen-bond donors (Lipinski definition) is 1. The van der Waals surface area contributed by atoms with Crippen molar-refractivity contribution < 1.29 is 22.7 Å². The van der Waals surface area contributed by atoms with Gasteiger partial charge in [-0.15, -0.1) is 0 Å². The van der Waals surface area contributed by atoms with Crippen LogP contribution in [0.25, 0.3) is 10.9 Å². The summed E-state index contributed by atoms with van der Waals surface area (Å²) in [5, 5.41) is 3.18. The van der Waals surface area contributed by atoms with Crippen LogP contribution >= 0.6 is 11.6 Å². The first-order valence-corrected chi connectivity index (χ1v) is 9.86. The van der Waals surface area contributed by atoms with E-state index in [1.807, 2.05) is 12.1 Å². The fourth-order valence-corrected chi connectivity index (χ4v) is 3.74. The summed E-state index contributed by atoms with van der Waals surface area (Å²) in [6.07, 6.45) is -2.94. The number of alkyl halides is 3. The molecule has 0 radical (unpaired) electrons. The predicted octanol–water partition coefficient (Wildman–Crippen LogP) is 6.05. The van der Waals surface area contributed by atoms with Crippen molar-refractivity contribution in [3.05, 3.63) is 70.4 Å². The van der Waals surface area contributed by atoms with Gasteiger partial charge in [0, 0.05) is 30.2 Å². The summed E-state index contributed by atoms with van der Waals surface area (Å²) >= 11 is 6.04. The average Bonchev–Trinajstić information content (AvgIpc) is 2.74. The van der Waals surface area contributed by atoms with Gasteiger partial charge in [-0.3, -0.25) is 9.78 Å². The van der Waals surface area contributed by atoms with Crippen LogP contribution in [-0.4, -0.2) is 24.1 Å². The molecule has 8 heteroatoms. The zero-order valence-electron chi connectivity index (χ0n) is 15.8. The molecule has 2 aromatic carbocycles. The number of benzene rings is 2. The third-order valence-corrected chi connectivity index (χ3v) is 5.49. The summed E-state index contributed by atoms with van der Waals surface area (Å²) in [5.74, 6) is -0.379. The quantitative estimate of drug-likeness (QED) is 0.545. The summed E-state index contributed by atoms with van der Waals surface area (Å²) in [6.45, 7) is 1.25. The van der Waals surface area contributed by atoms with Crippen LogP contribution in [0, 0.1) is 0 Å². The minimum atomic E-state index is -4.54. The molecular weight excluding hydrogens is 417 g/mol. The molecule has 0 unspecified atom stereocenters. The molecular formula is C22H18ClF3N2O2. The highest BCUT2D eigenvalue weighted by molar-refractivity contribution is 6.34. The minimum absolute atomic E-state index is 0.0272. The van der Waals surface area contributed by atoms with Crippen LogP contribution in [-0.2, 0) is 10.9 Å². The lowest BCUT2D eigenvalue weighted by molar-refractivity contribution is -0.137. The molecule has 0 saturated carbocycles. The Balaban J connectivity index is 1.73. The van der Waals surface area contributed by atoms with Crippen molar-refractivity contribution in [1.29, 1.82) is 0 Å². The van der Waals surface area contributed by atoms with Crippen molar-refractivity contribution >= 4 is 34.1 Å². The number of carbonyl (C=O) groups is 1. The largest absolute Gasteiger partial charge is 0.416 e. The van der Waals surface area contributed by atoms with Gasteiger partial charge in [0.15, 0.2) is 0 Å². The second-order valence-electron chi connectivity index (χ2n) is 7.14. The number of fused-ring (bicyclic) bond motifs is 1. The summed E-state index contributed by atoms with van der Waals surface area (Å²) in [7, 11) is 0. The second-order valence-corrected chi connectivity index (χ2v) is 7.55. The van der Waals surface area contributed by atoms with Gasteiger partial charge < -0.3 is 10.1 Å². The topological polar surface area (TPSA) is 51.2 Å². The van der Waals surface area contributed by atoms with Gasteiger partial charge in [0.2, 0.25) is 0 Å². The van der Waals surface area contributed by atoms with Gasteiger partial charge in [0.05, 0.1) is 27.4 Å². The smallest absolute Gasteiger partial charge is 0.381 e. The number of nitrogens with zero attached hydrogens (tertiary/aromatic N) is 1. The first kappa shape index (κ1) is 20.6. The van der Waals surface area contributed by atoms with Crippen molar-refractivity contribution in [2.24, 2.45) is 0 Å². The van der Waals surface area contributed by atoms with Crippen molar-refractivity contribution in [1.82, 2.24) is 4.98 Å². The number of rotatable bonds is 3. The fraction of sp³-hybridized carbons (Fsp3) is 0.273. The highest BCUT2D eigenvalue weighted by Gasteiger charge is 2.31. The van der Waals surface area contributed by atoms with E-state index in [4.69, 9.17) is 21.3 Å². The first-order chi connectivity index (χ1) is 14.3. The number of aromatic nitrogens is 1. The molecule has 0 spiro atoms. The van der Waals surface area contributed by atoms with Gasteiger partial charge in [-0.25, -0.2) is 0 Å². The molecule has 1 aliphatic rings. The predicted molar refractivity (Wildman–Crippen MR) is 109 cm³/mol. The van der Waals surface area contributed by atoms with Crippen molar-refractivity contribution in [2.75, 3.05) is 18.5 Å². The molecule has 156 valence electrons. The van der Waals surface area contributed by atoms with Crippen LogP contribution in [0.1, 0.15) is 40.4 Å². The minimum Gasteiger partial charge on any atom is -0.381 e. The molecule has 2 heterocycles. The van der Waals surface area contributed by atoms with Crippen LogP contribution in [0.4, 0.5) is 18.9 Å². The van der Waals surface area contributed by atoms with Crippen LogP contribution in [0.15, 0.2) is 48.5 Å². The monoisotopic (exact) mass is 434 g/mol. The highest BCUT2D eigenvalue weighted by Crippen LogP contribution is 2.34. The van der Waals surface area contributed by atoms with E-state index in [1.54, 1.807) is 18.2 Å². The van der Waals surface area contributed by atoms with Crippen molar-refractivity contribution in [3.63, 3.8) is 0 Å². The molecule has 4 rings (SSSR count). The number of para-hydroxylation sites is 1. The Labute approximate surface area is 176 Å². The van der Waals surface area contributed by atoms with Gasteiger partial charge in [-0.1, -0.05) is 29.8 Å². The Hall–Kier alpha value is -2.64. The van der Waals surface area contributed by atoms with Gasteiger partial charge >= 0.3 is 6.18 Å². The van der Waals surface area contributed by atoms with Gasteiger partial charge in [0.1, 0.15) is 0 Å². The number of ether oxygens (including phenoxy) is 1. The standard InChI is InChI=1S/C22H18ClF3N2O2/c23-17-6-5-14(22(24,25)26)11-20(17)28-21(29)16-12-19(13-7-9-30-10-8-13)27-18-4-2-1-3-15(16)18/h1-6,11-13H,7-10H2,(H,28,29). The number of halogens is 4. The Morgan fingerprint density at radius 3 is 2.57 bits per heavy atom. The third kappa shape index (κ3) is 4.27. The molecule has 1 aromatic heterocycles. The molecule has 1 aliphatic heterocycles. The molecule has 1 fully saturated rings. The Bertz CT molecular complexity index is 1100. The SMILES string of the molecule is O=C(Nc1cc(C(F)(F)F)ccc1Cl)c1cc(C2CCOCC2)nc2ccccc12.